The minimum Gasteiger partial charge on any atom is -0.497 e. The van der Waals surface area contributed by atoms with Crippen molar-refractivity contribution in [1.29, 1.82) is 0 Å². The van der Waals surface area contributed by atoms with E-state index in [2.05, 4.69) is 0 Å². The molecule has 1 unspecified atom stereocenters. The molecule has 0 saturated carbocycles. The van der Waals surface area contributed by atoms with Gasteiger partial charge >= 0.3 is 0 Å². The van der Waals surface area contributed by atoms with Crippen LogP contribution in [0.25, 0.3) is 0 Å². The molecule has 1 aromatic rings. The molecule has 1 aromatic carbocycles. The molecule has 0 spiro atoms. The summed E-state index contributed by atoms with van der Waals surface area (Å²) in [6.45, 7) is 1.90. The molecule has 0 aliphatic rings. The number of nitrogens with zero attached hydrogens (tertiary/aromatic N) is 1. The van der Waals surface area contributed by atoms with E-state index in [0.29, 0.717) is 11.5 Å². The fraction of sp³-hybridized carbons (Fsp3) is 0.462. The molecule has 0 fully saturated rings. The molecule has 106 valence electrons. The van der Waals surface area contributed by atoms with Gasteiger partial charge in [-0.05, 0) is 18.6 Å². The minimum absolute atomic E-state index is 0.122. The van der Waals surface area contributed by atoms with Gasteiger partial charge in [0.1, 0.15) is 11.5 Å². The number of aryl methyl sites for hydroxylation is 1. The van der Waals surface area contributed by atoms with Crippen molar-refractivity contribution in [1.82, 2.24) is 5.01 Å². The van der Waals surface area contributed by atoms with Gasteiger partial charge < -0.3 is 15.2 Å². The van der Waals surface area contributed by atoms with Gasteiger partial charge in [-0.25, -0.2) is 5.84 Å². The Hall–Kier alpha value is -1.79. The van der Waals surface area contributed by atoms with Crippen LogP contribution >= 0.6 is 0 Å². The minimum atomic E-state index is -0.473. The van der Waals surface area contributed by atoms with E-state index in [1.54, 1.807) is 20.3 Å². The third-order valence-corrected chi connectivity index (χ3v) is 2.94. The average molecular weight is 267 g/mol. The van der Waals surface area contributed by atoms with Gasteiger partial charge in [0.2, 0.25) is 5.91 Å². The summed E-state index contributed by atoms with van der Waals surface area (Å²) in [4.78, 5) is 11.6. The Morgan fingerprint density at radius 2 is 2.00 bits per heavy atom. The predicted molar refractivity (Wildman–Crippen MR) is 72.8 cm³/mol. The van der Waals surface area contributed by atoms with Crippen LogP contribution in [0.3, 0.4) is 0 Å². The molecule has 0 heterocycles. The van der Waals surface area contributed by atoms with E-state index in [-0.39, 0.29) is 12.3 Å². The normalized spacial score (nSPS) is 11.9. The molecule has 0 aromatic heterocycles. The summed E-state index contributed by atoms with van der Waals surface area (Å²) in [5, 5.41) is 1.03. The van der Waals surface area contributed by atoms with Crippen LogP contribution in [0.4, 0.5) is 0 Å². The molecule has 0 aliphatic carbocycles. The third-order valence-electron chi connectivity index (χ3n) is 2.94. The molecule has 6 heteroatoms. The topological polar surface area (TPSA) is 90.8 Å². The highest BCUT2D eigenvalue weighted by atomic mass is 16.5. The first-order chi connectivity index (χ1) is 8.90. The average Bonchev–Trinajstić information content (AvgIpc) is 2.36. The van der Waals surface area contributed by atoms with Gasteiger partial charge in [0.05, 0.1) is 14.2 Å². The van der Waals surface area contributed by atoms with Crippen LogP contribution < -0.4 is 21.1 Å². The van der Waals surface area contributed by atoms with E-state index in [4.69, 9.17) is 21.1 Å². The monoisotopic (exact) mass is 267 g/mol. The fourth-order valence-electron chi connectivity index (χ4n) is 1.93. The Bertz CT molecular complexity index is 461. The number of hydrogen-bond donors (Lipinski definition) is 2. The fourth-order valence-corrected chi connectivity index (χ4v) is 1.93. The van der Waals surface area contributed by atoms with E-state index in [1.165, 1.54) is 7.05 Å². The zero-order valence-electron chi connectivity index (χ0n) is 11.8. The number of carbonyl (C=O) groups excluding carboxylic acids is 1. The van der Waals surface area contributed by atoms with Crippen LogP contribution in [0.5, 0.6) is 11.5 Å². The van der Waals surface area contributed by atoms with Gasteiger partial charge in [0.15, 0.2) is 0 Å². The van der Waals surface area contributed by atoms with Crippen molar-refractivity contribution in [3.63, 3.8) is 0 Å². The maximum Gasteiger partial charge on any atom is 0.238 e. The molecule has 1 amide bonds. The van der Waals surface area contributed by atoms with Crippen molar-refractivity contribution >= 4 is 5.91 Å². The lowest BCUT2D eigenvalue weighted by molar-refractivity contribution is -0.130. The van der Waals surface area contributed by atoms with Crippen LogP contribution in [0, 0.1) is 6.92 Å². The van der Waals surface area contributed by atoms with Crippen LogP contribution in [-0.4, -0.2) is 32.2 Å². The highest BCUT2D eigenvalue weighted by Crippen LogP contribution is 2.33. The Balaban J connectivity index is 3.08. The first kappa shape index (κ1) is 15.3. The van der Waals surface area contributed by atoms with Crippen molar-refractivity contribution < 1.29 is 14.3 Å². The van der Waals surface area contributed by atoms with Gasteiger partial charge in [-0.1, -0.05) is 0 Å². The molecule has 0 saturated heterocycles. The molecule has 1 rings (SSSR count). The maximum absolute atomic E-state index is 11.6. The quantitative estimate of drug-likeness (QED) is 0.466. The summed E-state index contributed by atoms with van der Waals surface area (Å²) in [5.41, 5.74) is 7.78. The second-order valence-corrected chi connectivity index (χ2v) is 4.38. The summed E-state index contributed by atoms with van der Waals surface area (Å²) < 4.78 is 10.5. The molecular weight excluding hydrogens is 246 g/mol. The predicted octanol–water partition coefficient (Wildman–Crippen LogP) is 0.734. The van der Waals surface area contributed by atoms with Crippen molar-refractivity contribution in [2.75, 3.05) is 21.3 Å². The van der Waals surface area contributed by atoms with Crippen LogP contribution in [0.15, 0.2) is 12.1 Å². The molecule has 1 atom stereocenters. The number of nitrogens with two attached hydrogens (primary N) is 2. The van der Waals surface area contributed by atoms with Gasteiger partial charge in [-0.15, -0.1) is 0 Å². The Morgan fingerprint density at radius 1 is 1.37 bits per heavy atom. The molecule has 19 heavy (non-hydrogen) atoms. The van der Waals surface area contributed by atoms with Gasteiger partial charge in [-0.2, -0.15) is 0 Å². The summed E-state index contributed by atoms with van der Waals surface area (Å²) in [7, 11) is 4.63. The van der Waals surface area contributed by atoms with Crippen LogP contribution in [-0.2, 0) is 4.79 Å². The highest BCUT2D eigenvalue weighted by molar-refractivity contribution is 5.76. The zero-order chi connectivity index (χ0) is 14.6. The number of methoxy groups -OCH3 is 2. The van der Waals surface area contributed by atoms with Gasteiger partial charge in [0.25, 0.3) is 0 Å². The first-order valence-corrected chi connectivity index (χ1v) is 5.90. The second kappa shape index (κ2) is 6.40. The summed E-state index contributed by atoms with van der Waals surface area (Å²) in [6.07, 6.45) is 0.122. The molecule has 0 bridgehead atoms. The van der Waals surface area contributed by atoms with E-state index in [1.807, 2.05) is 13.0 Å². The Kier molecular flexibility index (Phi) is 5.14. The lowest BCUT2D eigenvalue weighted by atomic mass is 9.97. The Labute approximate surface area is 113 Å². The van der Waals surface area contributed by atoms with E-state index in [9.17, 15) is 4.79 Å². The van der Waals surface area contributed by atoms with E-state index < -0.39 is 6.04 Å². The number of rotatable bonds is 5. The lowest BCUT2D eigenvalue weighted by Gasteiger charge is -2.20. The Morgan fingerprint density at radius 3 is 2.47 bits per heavy atom. The summed E-state index contributed by atoms with van der Waals surface area (Å²) in [6, 6.07) is 3.13. The summed E-state index contributed by atoms with van der Waals surface area (Å²) in [5.74, 6) is 6.46. The number of hydrazine groups is 1. The molecule has 4 N–H and O–H groups in total. The molecule has 0 aliphatic heterocycles. The van der Waals surface area contributed by atoms with Gasteiger partial charge in [0, 0.05) is 31.1 Å². The number of hydrogen-bond acceptors (Lipinski definition) is 5. The molecular formula is C13H21N3O3. The second-order valence-electron chi connectivity index (χ2n) is 4.38. The number of ether oxygens (including phenoxy) is 2. The lowest BCUT2D eigenvalue weighted by Crippen LogP contribution is -2.35. The number of benzene rings is 1. The van der Waals surface area contributed by atoms with Crippen molar-refractivity contribution in [2.24, 2.45) is 11.6 Å². The molecule has 0 radical (unpaired) electrons. The number of amides is 1. The van der Waals surface area contributed by atoms with Crippen molar-refractivity contribution in [3.05, 3.63) is 23.3 Å². The first-order valence-electron chi connectivity index (χ1n) is 5.90. The zero-order valence-corrected chi connectivity index (χ0v) is 11.8. The van der Waals surface area contributed by atoms with Crippen molar-refractivity contribution in [3.8, 4) is 11.5 Å². The van der Waals surface area contributed by atoms with Gasteiger partial charge in [-0.3, -0.25) is 9.80 Å². The standard InChI is InChI=1S/C13H21N3O3/c1-8-5-9(18-3)6-11(19-4)13(8)10(14)7-12(17)16(2)15/h5-6,10H,7,14-15H2,1-4H3. The summed E-state index contributed by atoms with van der Waals surface area (Å²) >= 11 is 0. The number of carbonyl (C=O) groups is 1. The highest BCUT2D eigenvalue weighted by Gasteiger charge is 2.20. The van der Waals surface area contributed by atoms with Crippen LogP contribution in [0.1, 0.15) is 23.6 Å². The molecule has 6 nitrogen and oxygen atoms in total. The van der Waals surface area contributed by atoms with Crippen LogP contribution in [0.2, 0.25) is 0 Å². The maximum atomic E-state index is 11.6. The third kappa shape index (κ3) is 3.59. The van der Waals surface area contributed by atoms with Crippen molar-refractivity contribution in [2.45, 2.75) is 19.4 Å². The van der Waals surface area contributed by atoms with E-state index in [0.717, 1.165) is 16.1 Å². The smallest absolute Gasteiger partial charge is 0.238 e. The largest absolute Gasteiger partial charge is 0.497 e. The SMILES string of the molecule is COc1cc(C)c(C(N)CC(=O)N(C)N)c(OC)c1. The van der Waals surface area contributed by atoms with E-state index >= 15 is 0 Å².